The molecule has 5 heteroatoms. The first-order valence-electron chi connectivity index (χ1n) is 8.80. The van der Waals surface area contributed by atoms with Gasteiger partial charge in [0, 0.05) is 44.5 Å². The summed E-state index contributed by atoms with van der Waals surface area (Å²) >= 11 is 0. The second-order valence-corrected chi connectivity index (χ2v) is 7.04. The van der Waals surface area contributed by atoms with E-state index in [9.17, 15) is 4.79 Å². The molecule has 3 heterocycles. The van der Waals surface area contributed by atoms with Crippen LogP contribution in [0.5, 0.6) is 0 Å². The third-order valence-electron chi connectivity index (χ3n) is 5.04. The van der Waals surface area contributed by atoms with Crippen molar-refractivity contribution in [3.05, 3.63) is 53.3 Å². The lowest BCUT2D eigenvalue weighted by Gasteiger charge is -2.39. The zero-order chi connectivity index (χ0) is 16.5. The van der Waals surface area contributed by atoms with Crippen LogP contribution in [0.25, 0.3) is 0 Å². The molecule has 0 aliphatic carbocycles. The molecule has 1 aromatic carbocycles. The van der Waals surface area contributed by atoms with Crippen molar-refractivity contribution >= 4 is 5.91 Å². The van der Waals surface area contributed by atoms with Crippen LogP contribution < -0.4 is 0 Å². The Morgan fingerprint density at radius 1 is 1.17 bits per heavy atom. The summed E-state index contributed by atoms with van der Waals surface area (Å²) in [6, 6.07) is 8.63. The monoisotopic (exact) mass is 324 g/mol. The average molecular weight is 324 g/mol. The smallest absolute Gasteiger partial charge is 0.253 e. The Balaban J connectivity index is 1.31. The van der Waals surface area contributed by atoms with Crippen LogP contribution in [0.2, 0.25) is 0 Å². The Labute approximate surface area is 142 Å². The van der Waals surface area contributed by atoms with Gasteiger partial charge in [-0.2, -0.15) is 5.10 Å². The molecule has 4 rings (SSSR count). The van der Waals surface area contributed by atoms with E-state index in [4.69, 9.17) is 0 Å². The van der Waals surface area contributed by atoms with E-state index >= 15 is 0 Å². The molecule has 0 saturated carbocycles. The van der Waals surface area contributed by atoms with Crippen molar-refractivity contribution in [2.75, 3.05) is 26.2 Å². The maximum Gasteiger partial charge on any atom is 0.253 e. The van der Waals surface area contributed by atoms with Gasteiger partial charge in [0.1, 0.15) is 0 Å². The molecule has 0 spiro atoms. The summed E-state index contributed by atoms with van der Waals surface area (Å²) in [5, 5.41) is 4.40. The number of hydrogen-bond donors (Lipinski definition) is 0. The highest BCUT2D eigenvalue weighted by Gasteiger charge is 2.28. The van der Waals surface area contributed by atoms with Crippen molar-refractivity contribution < 1.29 is 4.79 Å². The molecule has 2 aliphatic heterocycles. The van der Waals surface area contributed by atoms with Crippen LogP contribution in [0.15, 0.2) is 36.7 Å². The molecule has 0 atom stereocenters. The largest absolute Gasteiger partial charge is 0.339 e. The van der Waals surface area contributed by atoms with E-state index in [1.807, 2.05) is 23.2 Å². The van der Waals surface area contributed by atoms with Gasteiger partial charge in [-0.25, -0.2) is 0 Å². The molecule has 2 saturated heterocycles. The number of nitrogens with zero attached hydrogens (tertiary/aromatic N) is 4. The normalized spacial score (nSPS) is 18.8. The van der Waals surface area contributed by atoms with Gasteiger partial charge in [-0.1, -0.05) is 12.1 Å². The minimum absolute atomic E-state index is 0.178. The lowest BCUT2D eigenvalue weighted by molar-refractivity contribution is 0.0792. The molecule has 126 valence electrons. The standard InChI is InChI=1S/C19H24N4O/c1-15-10-20-23(11-15)18-13-21(14-18)12-16-4-6-17(7-5-16)19(24)22-8-2-3-9-22/h4-7,10-11,18H,2-3,8-9,12-14H2,1H3. The zero-order valence-electron chi connectivity index (χ0n) is 14.2. The van der Waals surface area contributed by atoms with Crippen LogP contribution in [-0.4, -0.2) is 51.7 Å². The van der Waals surface area contributed by atoms with Crippen LogP contribution in [0.1, 0.15) is 40.4 Å². The molecular formula is C19H24N4O. The van der Waals surface area contributed by atoms with Gasteiger partial charge in [-0.3, -0.25) is 14.4 Å². The van der Waals surface area contributed by atoms with Crippen LogP contribution in [0.4, 0.5) is 0 Å². The van der Waals surface area contributed by atoms with E-state index < -0.39 is 0 Å². The third-order valence-corrected chi connectivity index (χ3v) is 5.04. The summed E-state index contributed by atoms with van der Waals surface area (Å²) in [6.07, 6.45) is 6.30. The van der Waals surface area contributed by atoms with Gasteiger partial charge >= 0.3 is 0 Å². The van der Waals surface area contributed by atoms with Gasteiger partial charge in [-0.15, -0.1) is 0 Å². The third kappa shape index (κ3) is 3.08. The van der Waals surface area contributed by atoms with E-state index in [2.05, 4.69) is 39.9 Å². The molecule has 0 bridgehead atoms. The second-order valence-electron chi connectivity index (χ2n) is 7.04. The highest BCUT2D eigenvalue weighted by atomic mass is 16.2. The maximum atomic E-state index is 12.4. The van der Waals surface area contributed by atoms with Crippen molar-refractivity contribution in [3.63, 3.8) is 0 Å². The number of carbonyl (C=O) groups excluding carboxylic acids is 1. The van der Waals surface area contributed by atoms with Crippen molar-refractivity contribution in [2.45, 2.75) is 32.4 Å². The van der Waals surface area contributed by atoms with E-state index in [-0.39, 0.29) is 5.91 Å². The number of aryl methyl sites for hydroxylation is 1. The molecule has 24 heavy (non-hydrogen) atoms. The first-order valence-corrected chi connectivity index (χ1v) is 8.80. The Bertz CT molecular complexity index is 709. The Kier molecular flexibility index (Phi) is 4.10. The second kappa shape index (κ2) is 6.40. The van der Waals surface area contributed by atoms with Gasteiger partial charge in [0.2, 0.25) is 0 Å². The van der Waals surface area contributed by atoms with Gasteiger partial charge in [0.25, 0.3) is 5.91 Å². The average Bonchev–Trinajstić information content (AvgIpc) is 3.22. The summed E-state index contributed by atoms with van der Waals surface area (Å²) in [5.74, 6) is 0.178. The number of benzene rings is 1. The van der Waals surface area contributed by atoms with Crippen molar-refractivity contribution in [2.24, 2.45) is 0 Å². The molecule has 0 unspecified atom stereocenters. The molecule has 2 aliphatic rings. The summed E-state index contributed by atoms with van der Waals surface area (Å²) in [5.41, 5.74) is 3.30. The predicted octanol–water partition coefficient (Wildman–Crippen LogP) is 2.48. The first kappa shape index (κ1) is 15.4. The fourth-order valence-electron chi connectivity index (χ4n) is 3.59. The van der Waals surface area contributed by atoms with Crippen LogP contribution in [0.3, 0.4) is 0 Å². The number of rotatable bonds is 4. The summed E-state index contributed by atoms with van der Waals surface area (Å²) in [7, 11) is 0. The van der Waals surface area contributed by atoms with Crippen molar-refractivity contribution in [3.8, 4) is 0 Å². The quantitative estimate of drug-likeness (QED) is 0.868. The SMILES string of the molecule is Cc1cnn(C2CN(Cc3ccc(C(=O)N4CCCC4)cc3)C2)c1. The molecule has 2 fully saturated rings. The van der Waals surface area contributed by atoms with E-state index in [1.54, 1.807) is 0 Å². The first-order chi connectivity index (χ1) is 11.7. The minimum atomic E-state index is 0.178. The van der Waals surface area contributed by atoms with Crippen molar-refractivity contribution in [1.82, 2.24) is 19.6 Å². The Morgan fingerprint density at radius 2 is 1.88 bits per heavy atom. The molecule has 0 N–H and O–H groups in total. The summed E-state index contributed by atoms with van der Waals surface area (Å²) in [4.78, 5) is 16.7. The fourth-order valence-corrected chi connectivity index (χ4v) is 3.59. The molecule has 2 aromatic rings. The van der Waals surface area contributed by atoms with Crippen LogP contribution in [-0.2, 0) is 6.54 Å². The van der Waals surface area contributed by atoms with Gasteiger partial charge in [-0.05, 0) is 43.0 Å². The lowest BCUT2D eigenvalue weighted by atomic mass is 10.1. The van der Waals surface area contributed by atoms with E-state index in [1.165, 1.54) is 11.1 Å². The number of likely N-dealkylation sites (tertiary alicyclic amines) is 2. The number of aromatic nitrogens is 2. The van der Waals surface area contributed by atoms with Crippen LogP contribution >= 0.6 is 0 Å². The number of hydrogen-bond acceptors (Lipinski definition) is 3. The Morgan fingerprint density at radius 3 is 2.50 bits per heavy atom. The number of amides is 1. The topological polar surface area (TPSA) is 41.4 Å². The molecule has 1 aromatic heterocycles. The van der Waals surface area contributed by atoms with Gasteiger partial charge in [0.05, 0.1) is 12.2 Å². The minimum Gasteiger partial charge on any atom is -0.339 e. The van der Waals surface area contributed by atoms with Gasteiger partial charge < -0.3 is 4.90 Å². The Hall–Kier alpha value is -2.14. The summed E-state index contributed by atoms with van der Waals surface area (Å²) < 4.78 is 2.07. The fraction of sp³-hybridized carbons (Fsp3) is 0.474. The van der Waals surface area contributed by atoms with E-state index in [0.29, 0.717) is 6.04 Å². The van der Waals surface area contributed by atoms with Crippen molar-refractivity contribution in [1.29, 1.82) is 0 Å². The highest BCUT2D eigenvalue weighted by Crippen LogP contribution is 2.23. The lowest BCUT2D eigenvalue weighted by Crippen LogP contribution is -2.47. The molecule has 1 amide bonds. The molecular weight excluding hydrogens is 300 g/mol. The van der Waals surface area contributed by atoms with Gasteiger partial charge in [0.15, 0.2) is 0 Å². The highest BCUT2D eigenvalue weighted by molar-refractivity contribution is 5.94. The summed E-state index contributed by atoms with van der Waals surface area (Å²) in [6.45, 7) is 6.90. The van der Waals surface area contributed by atoms with E-state index in [0.717, 1.165) is 51.1 Å². The van der Waals surface area contributed by atoms with Crippen LogP contribution in [0, 0.1) is 6.92 Å². The number of carbonyl (C=O) groups is 1. The molecule has 5 nitrogen and oxygen atoms in total. The zero-order valence-corrected chi connectivity index (χ0v) is 14.2. The molecule has 0 radical (unpaired) electrons. The predicted molar refractivity (Wildman–Crippen MR) is 92.9 cm³/mol. The maximum absolute atomic E-state index is 12.4.